The molecule has 0 atom stereocenters. The minimum atomic E-state index is -4.15. The fourth-order valence-electron chi connectivity index (χ4n) is 2.05. The van der Waals surface area contributed by atoms with Gasteiger partial charge in [-0.1, -0.05) is 6.07 Å². The van der Waals surface area contributed by atoms with Gasteiger partial charge in [0.15, 0.2) is 0 Å². The van der Waals surface area contributed by atoms with Crippen molar-refractivity contribution in [2.24, 2.45) is 0 Å². The highest BCUT2D eigenvalue weighted by Gasteiger charge is 2.32. The highest BCUT2D eigenvalue weighted by atomic mass is 19.4. The van der Waals surface area contributed by atoms with Gasteiger partial charge in [-0.2, -0.15) is 18.4 Å². The second kappa shape index (κ2) is 5.45. The first-order valence-electron chi connectivity index (χ1n) is 5.89. The Labute approximate surface area is 109 Å². The average Bonchev–Trinajstić information content (AvgIpc) is 2.38. The summed E-state index contributed by atoms with van der Waals surface area (Å²) in [4.78, 5) is 7.41. The first kappa shape index (κ1) is 13.6. The molecular weight excluding hydrogens is 257 g/mol. The van der Waals surface area contributed by atoms with Crippen LogP contribution in [0, 0.1) is 11.3 Å². The van der Waals surface area contributed by atoms with Gasteiger partial charge >= 0.3 is 6.18 Å². The van der Waals surface area contributed by atoms with E-state index in [0.29, 0.717) is 37.7 Å². The fraction of sp³-hybridized carbons (Fsp3) is 0.500. The Hall–Kier alpha value is -1.81. The number of rotatable bonds is 2. The molecule has 0 radical (unpaired) electrons. The van der Waals surface area contributed by atoms with E-state index in [1.165, 1.54) is 4.90 Å². The van der Waals surface area contributed by atoms with Crippen LogP contribution in [-0.4, -0.2) is 48.8 Å². The highest BCUT2D eigenvalue weighted by Crippen LogP contribution is 2.19. The van der Waals surface area contributed by atoms with Gasteiger partial charge in [-0.3, -0.25) is 4.90 Å². The molecule has 7 heteroatoms. The summed E-state index contributed by atoms with van der Waals surface area (Å²) in [5.41, 5.74) is 0.315. The average molecular weight is 270 g/mol. The molecule has 1 aromatic heterocycles. The van der Waals surface area contributed by atoms with Crippen molar-refractivity contribution in [3.63, 3.8) is 0 Å². The van der Waals surface area contributed by atoms with Crippen molar-refractivity contribution in [1.82, 2.24) is 9.88 Å². The summed E-state index contributed by atoms with van der Waals surface area (Å²) in [6.07, 6.45) is -4.15. The summed E-state index contributed by atoms with van der Waals surface area (Å²) >= 11 is 0. The molecule has 4 nitrogen and oxygen atoms in total. The van der Waals surface area contributed by atoms with Crippen molar-refractivity contribution >= 4 is 5.82 Å². The summed E-state index contributed by atoms with van der Waals surface area (Å²) in [7, 11) is 0. The van der Waals surface area contributed by atoms with Gasteiger partial charge in [0.05, 0.1) is 6.54 Å². The van der Waals surface area contributed by atoms with Gasteiger partial charge < -0.3 is 4.90 Å². The van der Waals surface area contributed by atoms with Crippen molar-refractivity contribution in [2.75, 3.05) is 37.6 Å². The van der Waals surface area contributed by atoms with Crippen LogP contribution >= 0.6 is 0 Å². The van der Waals surface area contributed by atoms with Crippen molar-refractivity contribution < 1.29 is 13.2 Å². The van der Waals surface area contributed by atoms with Crippen molar-refractivity contribution in [3.8, 4) is 6.07 Å². The van der Waals surface area contributed by atoms with Crippen LogP contribution < -0.4 is 4.90 Å². The SMILES string of the molecule is N#Cc1cccc(N2CCN(CC(F)(F)F)CC2)n1. The third kappa shape index (κ3) is 3.83. The molecule has 2 heterocycles. The second-order valence-electron chi connectivity index (χ2n) is 4.37. The molecule has 1 aliphatic rings. The third-order valence-electron chi connectivity index (χ3n) is 2.95. The lowest BCUT2D eigenvalue weighted by Crippen LogP contribution is -2.49. The minimum absolute atomic E-state index is 0.315. The van der Waals surface area contributed by atoms with Gasteiger partial charge in [0, 0.05) is 26.2 Å². The van der Waals surface area contributed by atoms with E-state index < -0.39 is 12.7 Å². The van der Waals surface area contributed by atoms with E-state index in [-0.39, 0.29) is 0 Å². The van der Waals surface area contributed by atoms with Crippen molar-refractivity contribution in [3.05, 3.63) is 23.9 Å². The molecule has 2 rings (SSSR count). The van der Waals surface area contributed by atoms with Gasteiger partial charge in [0.2, 0.25) is 0 Å². The van der Waals surface area contributed by atoms with Crippen LogP contribution in [-0.2, 0) is 0 Å². The molecule has 1 fully saturated rings. The predicted octanol–water partition coefficient (Wildman–Crippen LogP) is 1.64. The highest BCUT2D eigenvalue weighted by molar-refractivity contribution is 5.42. The van der Waals surface area contributed by atoms with Crippen LogP contribution in [0.4, 0.5) is 19.0 Å². The van der Waals surface area contributed by atoms with Gasteiger partial charge in [-0.25, -0.2) is 4.98 Å². The zero-order valence-electron chi connectivity index (χ0n) is 10.2. The molecule has 0 spiro atoms. The Morgan fingerprint density at radius 1 is 1.21 bits per heavy atom. The molecule has 1 aliphatic heterocycles. The maximum Gasteiger partial charge on any atom is 0.401 e. The van der Waals surface area contributed by atoms with Crippen LogP contribution in [0.2, 0.25) is 0 Å². The lowest BCUT2D eigenvalue weighted by atomic mass is 10.3. The van der Waals surface area contributed by atoms with Crippen LogP contribution in [0.3, 0.4) is 0 Å². The Bertz CT molecular complexity index is 473. The molecule has 0 unspecified atom stereocenters. The molecule has 0 bridgehead atoms. The van der Waals surface area contributed by atoms with E-state index in [9.17, 15) is 13.2 Å². The Morgan fingerprint density at radius 3 is 2.47 bits per heavy atom. The molecule has 1 aromatic rings. The molecule has 102 valence electrons. The number of halogens is 3. The Kier molecular flexibility index (Phi) is 3.90. The van der Waals surface area contributed by atoms with Gasteiger partial charge in [-0.15, -0.1) is 0 Å². The number of pyridine rings is 1. The van der Waals surface area contributed by atoms with E-state index in [1.807, 2.05) is 11.0 Å². The zero-order valence-corrected chi connectivity index (χ0v) is 10.2. The topological polar surface area (TPSA) is 43.2 Å². The van der Waals surface area contributed by atoms with E-state index >= 15 is 0 Å². The molecule has 0 N–H and O–H groups in total. The standard InChI is InChI=1S/C12H13F3N4/c13-12(14,15)9-18-4-6-19(7-5-18)11-3-1-2-10(8-16)17-11/h1-3H,4-7,9H2. The molecular formula is C12H13F3N4. The largest absolute Gasteiger partial charge is 0.401 e. The molecule has 0 aromatic carbocycles. The number of hydrogen-bond acceptors (Lipinski definition) is 4. The number of hydrogen-bond donors (Lipinski definition) is 0. The normalized spacial score (nSPS) is 17.3. The van der Waals surface area contributed by atoms with Crippen molar-refractivity contribution in [1.29, 1.82) is 5.26 Å². The molecule has 1 saturated heterocycles. The predicted molar refractivity (Wildman–Crippen MR) is 63.7 cm³/mol. The summed E-state index contributed by atoms with van der Waals surface area (Å²) in [5.74, 6) is 0.644. The van der Waals surface area contributed by atoms with Crippen LogP contribution in [0.1, 0.15) is 5.69 Å². The van der Waals surface area contributed by atoms with E-state index in [1.54, 1.807) is 18.2 Å². The Balaban J connectivity index is 1.94. The van der Waals surface area contributed by atoms with E-state index in [4.69, 9.17) is 5.26 Å². The number of anilines is 1. The quantitative estimate of drug-likeness (QED) is 0.819. The summed E-state index contributed by atoms with van der Waals surface area (Å²) in [6, 6.07) is 7.04. The third-order valence-corrected chi connectivity index (χ3v) is 2.95. The first-order valence-corrected chi connectivity index (χ1v) is 5.89. The number of nitrogens with zero attached hydrogens (tertiary/aromatic N) is 4. The number of nitriles is 1. The van der Waals surface area contributed by atoms with Crippen LogP contribution in [0.25, 0.3) is 0 Å². The maximum atomic E-state index is 12.3. The van der Waals surface area contributed by atoms with Gasteiger partial charge in [0.25, 0.3) is 0 Å². The lowest BCUT2D eigenvalue weighted by Gasteiger charge is -2.35. The molecule has 0 saturated carbocycles. The summed E-state index contributed by atoms with van der Waals surface area (Å²) < 4.78 is 36.8. The van der Waals surface area contributed by atoms with Crippen molar-refractivity contribution in [2.45, 2.75) is 6.18 Å². The van der Waals surface area contributed by atoms with E-state index in [2.05, 4.69) is 4.98 Å². The van der Waals surface area contributed by atoms with Gasteiger partial charge in [0.1, 0.15) is 17.6 Å². The first-order chi connectivity index (χ1) is 8.98. The summed E-state index contributed by atoms with van der Waals surface area (Å²) in [5, 5.41) is 8.77. The van der Waals surface area contributed by atoms with Gasteiger partial charge in [-0.05, 0) is 12.1 Å². The van der Waals surface area contributed by atoms with Crippen LogP contribution in [0.15, 0.2) is 18.2 Å². The Morgan fingerprint density at radius 2 is 1.89 bits per heavy atom. The smallest absolute Gasteiger partial charge is 0.354 e. The fourth-order valence-corrected chi connectivity index (χ4v) is 2.05. The lowest BCUT2D eigenvalue weighted by molar-refractivity contribution is -0.146. The second-order valence-corrected chi connectivity index (χ2v) is 4.37. The number of aromatic nitrogens is 1. The number of alkyl halides is 3. The minimum Gasteiger partial charge on any atom is -0.354 e. The maximum absolute atomic E-state index is 12.3. The summed E-state index contributed by atoms with van der Waals surface area (Å²) in [6.45, 7) is 0.790. The number of piperazine rings is 1. The molecule has 0 aliphatic carbocycles. The zero-order chi connectivity index (χ0) is 13.9. The van der Waals surface area contributed by atoms with E-state index in [0.717, 1.165) is 0 Å². The van der Waals surface area contributed by atoms with Crippen LogP contribution in [0.5, 0.6) is 0 Å². The molecule has 0 amide bonds. The monoisotopic (exact) mass is 270 g/mol. The molecule has 19 heavy (non-hydrogen) atoms.